The molecule has 3 rings (SSSR count). The topological polar surface area (TPSA) is 150 Å². The summed E-state index contributed by atoms with van der Waals surface area (Å²) < 4.78 is 0. The molecule has 1 unspecified atom stereocenters. The molecule has 0 radical (unpaired) electrons. The first-order valence-electron chi connectivity index (χ1n) is 9.12. The number of carbonyl (C=O) groups excluding carboxylic acids is 3. The van der Waals surface area contributed by atoms with Crippen LogP contribution in [-0.4, -0.2) is 68.7 Å². The van der Waals surface area contributed by atoms with Crippen molar-refractivity contribution in [1.29, 1.82) is 0 Å². The summed E-state index contributed by atoms with van der Waals surface area (Å²) >= 11 is 8.29. The summed E-state index contributed by atoms with van der Waals surface area (Å²) in [5, 5.41) is 19.4. The van der Waals surface area contributed by atoms with Gasteiger partial charge in [-0.25, -0.2) is 9.78 Å². The number of thioether (sulfide) groups is 1. The van der Waals surface area contributed by atoms with Gasteiger partial charge in [-0.1, -0.05) is 30.1 Å². The van der Waals surface area contributed by atoms with Gasteiger partial charge in [-0.2, -0.15) is 0 Å². The maximum Gasteiger partial charge on any atom is 0.353 e. The van der Waals surface area contributed by atoms with Gasteiger partial charge in [-0.05, 0) is 6.42 Å². The number of carboxylic acid groups (broad SMARTS) is 1. The summed E-state index contributed by atoms with van der Waals surface area (Å²) in [5.41, 5.74) is -0.274. The van der Waals surface area contributed by atoms with Crippen molar-refractivity contribution in [2.75, 3.05) is 17.7 Å². The standard InChI is InChI=1S/C17H18ClN5O6S2/c1-2-3-4-29-22-10(9-6-31-17(20-9)19-7-24)13(25)21-11-14(26)23-12(16(27)28)8(18)5-30-15(11)23/h6-7,11,15H,2-5H2,1H3,(H,21,25)(H,27,28)(H,19,20,24)/t11?,15-/m1/s1. The van der Waals surface area contributed by atoms with Crippen LogP contribution < -0.4 is 10.6 Å². The van der Waals surface area contributed by atoms with Crippen LogP contribution in [0.3, 0.4) is 0 Å². The van der Waals surface area contributed by atoms with E-state index in [1.165, 1.54) is 17.1 Å². The van der Waals surface area contributed by atoms with Crippen molar-refractivity contribution in [1.82, 2.24) is 15.2 Å². The number of nitrogens with one attached hydrogen (secondary N) is 2. The van der Waals surface area contributed by atoms with Gasteiger partial charge in [0.25, 0.3) is 11.8 Å². The van der Waals surface area contributed by atoms with Gasteiger partial charge in [0.2, 0.25) is 6.41 Å². The minimum absolute atomic E-state index is 0.0659. The van der Waals surface area contributed by atoms with E-state index in [1.807, 2.05) is 6.92 Å². The lowest BCUT2D eigenvalue weighted by Crippen LogP contribution is -2.71. The zero-order valence-corrected chi connectivity index (χ0v) is 18.6. The van der Waals surface area contributed by atoms with Gasteiger partial charge >= 0.3 is 5.97 Å². The molecule has 1 aromatic heterocycles. The summed E-state index contributed by atoms with van der Waals surface area (Å²) in [6.07, 6.45) is 2.06. The Kier molecular flexibility index (Phi) is 7.51. The Morgan fingerprint density at radius 1 is 1.52 bits per heavy atom. The smallest absolute Gasteiger partial charge is 0.353 e. The van der Waals surface area contributed by atoms with Crippen LogP contribution in [-0.2, 0) is 24.0 Å². The number of aromatic nitrogens is 1. The highest BCUT2D eigenvalue weighted by Crippen LogP contribution is 2.41. The van der Waals surface area contributed by atoms with E-state index in [2.05, 4.69) is 20.8 Å². The minimum Gasteiger partial charge on any atom is -0.477 e. The Morgan fingerprint density at radius 2 is 2.29 bits per heavy atom. The first kappa shape index (κ1) is 23.0. The number of rotatable bonds is 10. The molecule has 3 N–H and O–H groups in total. The largest absolute Gasteiger partial charge is 0.477 e. The molecule has 14 heteroatoms. The zero-order chi connectivity index (χ0) is 22.5. The molecule has 0 spiro atoms. The highest BCUT2D eigenvalue weighted by molar-refractivity contribution is 8.00. The molecule has 1 saturated heterocycles. The SMILES string of the molecule is CCCCON=C(C(=O)NC1C(=O)N2C(C(=O)O)=C(Cl)CS[C@H]12)c1csc(NC=O)n1. The molecule has 11 nitrogen and oxygen atoms in total. The molecule has 0 bridgehead atoms. The highest BCUT2D eigenvalue weighted by atomic mass is 35.5. The van der Waals surface area contributed by atoms with E-state index in [-0.39, 0.29) is 39.6 Å². The van der Waals surface area contributed by atoms with Crippen LogP contribution in [0.2, 0.25) is 0 Å². The van der Waals surface area contributed by atoms with E-state index < -0.39 is 29.2 Å². The lowest BCUT2D eigenvalue weighted by Gasteiger charge is -2.48. The van der Waals surface area contributed by atoms with Crippen LogP contribution >= 0.6 is 34.7 Å². The fraction of sp³-hybridized carbons (Fsp3) is 0.412. The Balaban J connectivity index is 1.77. The molecule has 3 heterocycles. The quantitative estimate of drug-likeness (QED) is 0.146. The van der Waals surface area contributed by atoms with E-state index in [9.17, 15) is 24.3 Å². The van der Waals surface area contributed by atoms with E-state index >= 15 is 0 Å². The van der Waals surface area contributed by atoms with Crippen molar-refractivity contribution >= 4 is 69.7 Å². The van der Waals surface area contributed by atoms with Crippen molar-refractivity contribution in [3.8, 4) is 0 Å². The van der Waals surface area contributed by atoms with Gasteiger partial charge in [0.05, 0.1) is 5.03 Å². The second kappa shape index (κ2) is 10.1. The van der Waals surface area contributed by atoms with Gasteiger partial charge in [0.1, 0.15) is 29.4 Å². The van der Waals surface area contributed by atoms with Crippen LogP contribution in [0.1, 0.15) is 25.5 Å². The number of fused-ring (bicyclic) bond motifs is 1. The molecule has 166 valence electrons. The highest BCUT2D eigenvalue weighted by Gasteiger charge is 2.54. The lowest BCUT2D eigenvalue weighted by molar-refractivity contribution is -0.150. The monoisotopic (exact) mass is 487 g/mol. The predicted molar refractivity (Wildman–Crippen MR) is 115 cm³/mol. The maximum absolute atomic E-state index is 12.9. The number of anilines is 1. The number of amides is 3. The maximum atomic E-state index is 12.9. The second-order valence-corrected chi connectivity index (χ2v) is 8.77. The van der Waals surface area contributed by atoms with Crippen LogP contribution in [0.25, 0.3) is 0 Å². The van der Waals surface area contributed by atoms with E-state index in [0.717, 1.165) is 29.1 Å². The number of nitrogens with zero attached hydrogens (tertiary/aromatic N) is 3. The van der Waals surface area contributed by atoms with Crippen LogP contribution in [0.4, 0.5) is 5.13 Å². The Morgan fingerprint density at radius 3 is 2.97 bits per heavy atom. The Hall–Kier alpha value is -2.64. The van der Waals surface area contributed by atoms with Crippen molar-refractivity contribution < 1.29 is 29.1 Å². The molecule has 1 fully saturated rings. The minimum atomic E-state index is -1.31. The molecular formula is C17H18ClN5O6S2. The van der Waals surface area contributed by atoms with Crippen LogP contribution in [0.5, 0.6) is 0 Å². The number of β-lactam (4-membered cyclic amide) rings is 1. The van der Waals surface area contributed by atoms with Crippen molar-refractivity contribution in [3.05, 3.63) is 21.8 Å². The summed E-state index contributed by atoms with van der Waals surface area (Å²) in [5.74, 6) is -2.40. The number of oxime groups is 1. The number of aliphatic carboxylic acids is 1. The number of unbranched alkanes of at least 4 members (excludes halogenated alkanes) is 1. The molecule has 0 aromatic carbocycles. The molecule has 3 amide bonds. The molecule has 2 aliphatic rings. The number of hydrogen-bond acceptors (Lipinski definition) is 9. The molecule has 0 aliphatic carbocycles. The number of carboxylic acids is 1. The Labute approximate surface area is 189 Å². The van der Waals surface area contributed by atoms with Gasteiger partial charge in [-0.15, -0.1) is 23.1 Å². The molecule has 1 aromatic rings. The number of hydrogen-bond donors (Lipinski definition) is 3. The van der Waals surface area contributed by atoms with E-state index in [4.69, 9.17) is 16.4 Å². The second-order valence-electron chi connectivity index (χ2n) is 6.35. The lowest BCUT2D eigenvalue weighted by atomic mass is 10.0. The predicted octanol–water partition coefficient (Wildman–Crippen LogP) is 1.17. The van der Waals surface area contributed by atoms with Crippen LogP contribution in [0, 0.1) is 0 Å². The van der Waals surface area contributed by atoms with E-state index in [0.29, 0.717) is 6.41 Å². The average Bonchev–Trinajstić information content (AvgIpc) is 3.19. The molecular weight excluding hydrogens is 470 g/mol. The van der Waals surface area contributed by atoms with Gasteiger partial charge in [-0.3, -0.25) is 19.3 Å². The van der Waals surface area contributed by atoms with Crippen LogP contribution in [0.15, 0.2) is 21.3 Å². The number of halogens is 1. The summed E-state index contributed by atoms with van der Waals surface area (Å²) in [4.78, 5) is 57.9. The van der Waals surface area contributed by atoms with Crippen molar-refractivity contribution in [3.63, 3.8) is 0 Å². The first-order valence-corrected chi connectivity index (χ1v) is 11.4. The Bertz CT molecular complexity index is 965. The third-order valence-corrected chi connectivity index (χ3v) is 6.82. The zero-order valence-electron chi connectivity index (χ0n) is 16.2. The third kappa shape index (κ3) is 4.83. The molecule has 31 heavy (non-hydrogen) atoms. The fourth-order valence-corrected chi connectivity index (χ4v) is 5.02. The fourth-order valence-electron chi connectivity index (χ4n) is 2.81. The molecule has 0 saturated carbocycles. The van der Waals surface area contributed by atoms with Gasteiger partial charge in [0.15, 0.2) is 10.8 Å². The summed E-state index contributed by atoms with van der Waals surface area (Å²) in [6.45, 7) is 2.26. The number of carbonyl (C=O) groups is 4. The normalized spacial score (nSPS) is 20.6. The average molecular weight is 488 g/mol. The number of thiazole rings is 1. The first-order chi connectivity index (χ1) is 14.9. The summed E-state index contributed by atoms with van der Waals surface area (Å²) in [7, 11) is 0. The van der Waals surface area contributed by atoms with Gasteiger partial charge in [0, 0.05) is 11.1 Å². The third-order valence-electron chi connectivity index (χ3n) is 4.30. The van der Waals surface area contributed by atoms with E-state index in [1.54, 1.807) is 0 Å². The summed E-state index contributed by atoms with van der Waals surface area (Å²) in [6, 6.07) is -0.955. The van der Waals surface area contributed by atoms with Crippen molar-refractivity contribution in [2.24, 2.45) is 5.16 Å². The van der Waals surface area contributed by atoms with Crippen molar-refractivity contribution in [2.45, 2.75) is 31.2 Å². The molecule has 2 aliphatic heterocycles. The molecule has 2 atom stereocenters. The van der Waals surface area contributed by atoms with Gasteiger partial charge < -0.3 is 20.6 Å².